The van der Waals surface area contributed by atoms with E-state index in [9.17, 15) is 9.59 Å². The number of ether oxygens (including phenoxy) is 1. The van der Waals surface area contributed by atoms with Crippen LogP contribution in [0.2, 0.25) is 0 Å². The summed E-state index contributed by atoms with van der Waals surface area (Å²) < 4.78 is 4.34. The molecule has 17 heavy (non-hydrogen) atoms. The highest BCUT2D eigenvalue weighted by molar-refractivity contribution is 5.85. The first kappa shape index (κ1) is 13.0. The lowest BCUT2D eigenvalue weighted by Gasteiger charge is -2.31. The van der Waals surface area contributed by atoms with Crippen molar-refractivity contribution in [3.8, 4) is 0 Å². The maximum Gasteiger partial charge on any atom is 0.419 e. The van der Waals surface area contributed by atoms with Gasteiger partial charge in [-0.1, -0.05) is 11.2 Å². The molecule has 1 atom stereocenters. The first-order valence-electron chi connectivity index (χ1n) is 5.10. The molecule has 1 aliphatic rings. The third-order valence-electron chi connectivity index (χ3n) is 2.43. The van der Waals surface area contributed by atoms with Crippen molar-refractivity contribution in [3.05, 3.63) is 11.6 Å². The van der Waals surface area contributed by atoms with Crippen LogP contribution in [0.1, 0.15) is 13.3 Å². The van der Waals surface area contributed by atoms with Gasteiger partial charge in [-0.05, 0) is 18.9 Å². The molecule has 0 radical (unpaired) electrons. The van der Waals surface area contributed by atoms with E-state index in [0.717, 1.165) is 5.57 Å². The zero-order valence-electron chi connectivity index (χ0n) is 9.75. The lowest BCUT2D eigenvalue weighted by molar-refractivity contribution is 0.114. The van der Waals surface area contributed by atoms with E-state index in [4.69, 9.17) is 5.73 Å². The van der Waals surface area contributed by atoms with Crippen LogP contribution in [0, 0.1) is 0 Å². The summed E-state index contributed by atoms with van der Waals surface area (Å²) >= 11 is 0. The van der Waals surface area contributed by atoms with Crippen LogP contribution in [-0.2, 0) is 9.57 Å². The minimum atomic E-state index is -1.11. The van der Waals surface area contributed by atoms with E-state index in [-0.39, 0.29) is 6.04 Å². The van der Waals surface area contributed by atoms with Gasteiger partial charge in [-0.3, -0.25) is 0 Å². The van der Waals surface area contributed by atoms with Gasteiger partial charge >= 0.3 is 12.2 Å². The molecule has 94 valence electrons. The van der Waals surface area contributed by atoms with E-state index in [1.165, 1.54) is 18.2 Å². The van der Waals surface area contributed by atoms with Gasteiger partial charge in [0.2, 0.25) is 0 Å². The third kappa shape index (κ3) is 3.47. The molecule has 0 spiro atoms. The minimum absolute atomic E-state index is 0.241. The van der Waals surface area contributed by atoms with E-state index in [2.05, 4.69) is 14.7 Å². The number of nitrogens with two attached hydrogens (primary N) is 1. The summed E-state index contributed by atoms with van der Waals surface area (Å²) in [4.78, 5) is 28.0. The van der Waals surface area contributed by atoms with Crippen LogP contribution in [0.25, 0.3) is 0 Å². The van der Waals surface area contributed by atoms with Crippen molar-refractivity contribution in [2.75, 3.05) is 13.7 Å². The Bertz CT molecular complexity index is 365. The van der Waals surface area contributed by atoms with Gasteiger partial charge in [-0.15, -0.1) is 0 Å². The van der Waals surface area contributed by atoms with Gasteiger partial charge in [0, 0.05) is 6.54 Å². The Hall–Kier alpha value is -2.05. The number of hydrogen-bond acceptors (Lipinski definition) is 5. The molecule has 2 N–H and O–H groups in total. The molecule has 7 heteroatoms. The minimum Gasteiger partial charge on any atom is -0.399 e. The van der Waals surface area contributed by atoms with Gasteiger partial charge < -0.3 is 20.2 Å². The van der Waals surface area contributed by atoms with E-state index < -0.39 is 12.2 Å². The summed E-state index contributed by atoms with van der Waals surface area (Å²) in [7, 11) is 1.43. The number of primary amides is 1. The molecule has 0 saturated carbocycles. The fraction of sp³-hybridized carbons (Fsp3) is 0.500. The Labute approximate surface area is 98.8 Å². The average Bonchev–Trinajstić information content (AvgIpc) is 2.26. The summed E-state index contributed by atoms with van der Waals surface area (Å²) in [5.41, 5.74) is 5.61. The molecule has 2 amide bonds. The van der Waals surface area contributed by atoms with Gasteiger partial charge in [-0.2, -0.15) is 0 Å². The second-order valence-corrected chi connectivity index (χ2v) is 3.47. The molecular weight excluding hydrogens is 226 g/mol. The maximum absolute atomic E-state index is 11.5. The summed E-state index contributed by atoms with van der Waals surface area (Å²) in [6, 6.07) is -0.241. The van der Waals surface area contributed by atoms with E-state index >= 15 is 0 Å². The average molecular weight is 241 g/mol. The molecule has 0 fully saturated rings. The van der Waals surface area contributed by atoms with Crippen molar-refractivity contribution in [1.29, 1.82) is 0 Å². The number of hydrogen-bond donors (Lipinski definition) is 1. The highest BCUT2D eigenvalue weighted by Gasteiger charge is 2.27. The standard InChI is InChI=1S/C10H15N3O4/c1-7-8(6-12-16-2)4-3-5-13(7)10(15)17-9(11)14/h4,6-7H,3,5H2,1-2H3,(H2,11,14). The Kier molecular flexibility index (Phi) is 4.50. The second-order valence-electron chi connectivity index (χ2n) is 3.47. The summed E-state index contributed by atoms with van der Waals surface area (Å²) in [5, 5.41) is 3.64. The van der Waals surface area contributed by atoms with Crippen LogP contribution in [0.3, 0.4) is 0 Å². The lowest BCUT2D eigenvalue weighted by Crippen LogP contribution is -2.44. The van der Waals surface area contributed by atoms with Gasteiger partial charge in [0.25, 0.3) is 0 Å². The zero-order valence-corrected chi connectivity index (χ0v) is 9.75. The predicted octanol–water partition coefficient (Wildman–Crippen LogP) is 0.855. The number of carbonyl (C=O) groups excluding carboxylic acids is 2. The monoisotopic (exact) mass is 241 g/mol. The number of nitrogens with zero attached hydrogens (tertiary/aromatic N) is 2. The van der Waals surface area contributed by atoms with E-state index in [0.29, 0.717) is 13.0 Å². The van der Waals surface area contributed by atoms with Gasteiger partial charge in [0.1, 0.15) is 7.11 Å². The summed E-state index contributed by atoms with van der Waals surface area (Å²) in [5.74, 6) is 0. The smallest absolute Gasteiger partial charge is 0.399 e. The van der Waals surface area contributed by atoms with Crippen molar-refractivity contribution in [2.45, 2.75) is 19.4 Å². The van der Waals surface area contributed by atoms with Crippen LogP contribution in [0.15, 0.2) is 16.8 Å². The summed E-state index contributed by atoms with van der Waals surface area (Å²) in [6.45, 7) is 2.27. The first-order chi connectivity index (χ1) is 8.06. The quantitative estimate of drug-likeness (QED) is 0.440. The van der Waals surface area contributed by atoms with Crippen LogP contribution in [-0.4, -0.2) is 43.0 Å². The molecule has 0 aromatic heterocycles. The van der Waals surface area contributed by atoms with Gasteiger partial charge in [0.15, 0.2) is 0 Å². The summed E-state index contributed by atoms with van der Waals surface area (Å²) in [6.07, 6.45) is 2.27. The molecule has 7 nitrogen and oxygen atoms in total. The predicted molar refractivity (Wildman–Crippen MR) is 60.4 cm³/mol. The molecular formula is C10H15N3O4. The topological polar surface area (TPSA) is 94.2 Å². The lowest BCUT2D eigenvalue weighted by atomic mass is 10.0. The van der Waals surface area contributed by atoms with Crippen molar-refractivity contribution >= 4 is 18.4 Å². The van der Waals surface area contributed by atoms with Crippen LogP contribution in [0.4, 0.5) is 9.59 Å². The van der Waals surface area contributed by atoms with Crippen LogP contribution < -0.4 is 5.73 Å². The van der Waals surface area contributed by atoms with Crippen molar-refractivity contribution in [3.63, 3.8) is 0 Å². The second kappa shape index (κ2) is 5.88. The molecule has 0 bridgehead atoms. The van der Waals surface area contributed by atoms with E-state index in [1.54, 1.807) is 6.92 Å². The molecule has 0 aromatic carbocycles. The van der Waals surface area contributed by atoms with Crippen molar-refractivity contribution in [1.82, 2.24) is 4.90 Å². The largest absolute Gasteiger partial charge is 0.419 e. The van der Waals surface area contributed by atoms with Gasteiger partial charge in [-0.25, -0.2) is 9.59 Å². The van der Waals surface area contributed by atoms with Crippen LogP contribution >= 0.6 is 0 Å². The Morgan fingerprint density at radius 1 is 1.65 bits per heavy atom. The zero-order chi connectivity index (χ0) is 12.8. The molecule has 1 heterocycles. The first-order valence-corrected chi connectivity index (χ1v) is 5.10. The van der Waals surface area contributed by atoms with Gasteiger partial charge in [0.05, 0.1) is 12.3 Å². The molecule has 0 aliphatic carbocycles. The normalized spacial score (nSPS) is 20.0. The highest BCUT2D eigenvalue weighted by Crippen LogP contribution is 2.17. The number of amides is 2. The van der Waals surface area contributed by atoms with Crippen LogP contribution in [0.5, 0.6) is 0 Å². The third-order valence-corrected chi connectivity index (χ3v) is 2.43. The number of rotatable bonds is 2. The molecule has 0 saturated heterocycles. The number of oxime groups is 1. The molecule has 1 aliphatic heterocycles. The van der Waals surface area contributed by atoms with Crippen molar-refractivity contribution < 1.29 is 19.2 Å². The molecule has 1 rings (SSSR count). The Morgan fingerprint density at radius 3 is 2.94 bits per heavy atom. The Balaban J connectivity index is 2.71. The van der Waals surface area contributed by atoms with Crippen molar-refractivity contribution in [2.24, 2.45) is 10.9 Å². The highest BCUT2D eigenvalue weighted by atomic mass is 16.6. The number of carbonyl (C=O) groups is 2. The fourth-order valence-electron chi connectivity index (χ4n) is 1.58. The SMILES string of the molecule is CON=CC1=CCCN(C(=O)OC(N)=O)C1C. The molecule has 0 aromatic rings. The fourth-order valence-corrected chi connectivity index (χ4v) is 1.58. The Morgan fingerprint density at radius 2 is 2.35 bits per heavy atom. The molecule has 1 unspecified atom stereocenters. The maximum atomic E-state index is 11.5. The van der Waals surface area contributed by atoms with E-state index in [1.807, 2.05) is 6.08 Å².